The molecule has 1 unspecified atom stereocenters. The van der Waals surface area contributed by atoms with Crippen LogP contribution in [0.25, 0.3) is 0 Å². The van der Waals surface area contributed by atoms with Gasteiger partial charge in [-0.15, -0.1) is 0 Å². The predicted octanol–water partition coefficient (Wildman–Crippen LogP) is 4.30. The van der Waals surface area contributed by atoms with Crippen LogP contribution in [0.3, 0.4) is 0 Å². The molecule has 19 heavy (non-hydrogen) atoms. The minimum Gasteiger partial charge on any atom is -0.366 e. The van der Waals surface area contributed by atoms with E-state index in [0.29, 0.717) is 6.61 Å². The summed E-state index contributed by atoms with van der Waals surface area (Å²) in [5, 5.41) is 0. The Balaban J connectivity index is 2.11. The second-order valence-electron chi connectivity index (χ2n) is 5.34. The molecular weight excluding hydrogens is 236 g/mol. The largest absolute Gasteiger partial charge is 0.366 e. The van der Waals surface area contributed by atoms with Gasteiger partial charge in [-0.1, -0.05) is 56.0 Å². The number of rotatable bonds is 5. The molecule has 0 bridgehead atoms. The van der Waals surface area contributed by atoms with Crippen LogP contribution in [-0.4, -0.2) is 12.4 Å². The molecular formula is C17H24O2. The van der Waals surface area contributed by atoms with Crippen molar-refractivity contribution in [1.29, 1.82) is 0 Å². The van der Waals surface area contributed by atoms with Gasteiger partial charge >= 0.3 is 0 Å². The summed E-state index contributed by atoms with van der Waals surface area (Å²) >= 11 is 0. The van der Waals surface area contributed by atoms with Crippen molar-refractivity contribution in [3.05, 3.63) is 35.9 Å². The highest BCUT2D eigenvalue weighted by Gasteiger charge is 2.28. The SMILES string of the molecule is CCOC(C(=O)C1CCCCCC1)c1ccccc1. The van der Waals surface area contributed by atoms with Gasteiger partial charge in [-0.05, 0) is 25.3 Å². The Morgan fingerprint density at radius 1 is 1.16 bits per heavy atom. The van der Waals surface area contributed by atoms with Crippen molar-refractivity contribution in [3.63, 3.8) is 0 Å². The van der Waals surface area contributed by atoms with E-state index in [-0.39, 0.29) is 17.8 Å². The third-order valence-corrected chi connectivity index (χ3v) is 3.95. The lowest BCUT2D eigenvalue weighted by atomic mass is 9.89. The van der Waals surface area contributed by atoms with E-state index < -0.39 is 0 Å². The van der Waals surface area contributed by atoms with Crippen LogP contribution >= 0.6 is 0 Å². The standard InChI is InChI=1S/C17H24O2/c1-2-19-17(15-12-8-5-9-13-15)16(18)14-10-6-3-4-7-11-14/h5,8-9,12-14,17H,2-4,6-7,10-11H2,1H3. The summed E-state index contributed by atoms with van der Waals surface area (Å²) in [6.07, 6.45) is 6.62. The zero-order valence-corrected chi connectivity index (χ0v) is 11.8. The van der Waals surface area contributed by atoms with Crippen LogP contribution in [0.4, 0.5) is 0 Å². The minimum atomic E-state index is -0.366. The Morgan fingerprint density at radius 3 is 2.37 bits per heavy atom. The molecule has 0 saturated heterocycles. The van der Waals surface area contributed by atoms with Gasteiger partial charge < -0.3 is 4.74 Å². The molecule has 2 rings (SSSR count). The van der Waals surface area contributed by atoms with Crippen LogP contribution in [0.5, 0.6) is 0 Å². The van der Waals surface area contributed by atoms with Gasteiger partial charge in [0.25, 0.3) is 0 Å². The lowest BCUT2D eigenvalue weighted by molar-refractivity contribution is -0.135. The monoisotopic (exact) mass is 260 g/mol. The summed E-state index contributed by atoms with van der Waals surface area (Å²) < 4.78 is 5.73. The van der Waals surface area contributed by atoms with E-state index in [1.54, 1.807) is 0 Å². The summed E-state index contributed by atoms with van der Waals surface area (Å²) in [4.78, 5) is 12.7. The minimum absolute atomic E-state index is 0.194. The molecule has 1 atom stereocenters. The van der Waals surface area contributed by atoms with Gasteiger partial charge in [-0.3, -0.25) is 4.79 Å². The maximum atomic E-state index is 12.7. The topological polar surface area (TPSA) is 26.3 Å². The molecule has 1 fully saturated rings. The molecule has 0 radical (unpaired) electrons. The molecule has 0 aliphatic heterocycles. The maximum absolute atomic E-state index is 12.7. The third kappa shape index (κ3) is 3.90. The Labute approximate surface area is 116 Å². The van der Waals surface area contributed by atoms with Crippen LogP contribution in [-0.2, 0) is 9.53 Å². The normalized spacial score (nSPS) is 18.8. The van der Waals surface area contributed by atoms with Gasteiger partial charge in [0.1, 0.15) is 6.10 Å². The Morgan fingerprint density at radius 2 is 1.79 bits per heavy atom. The van der Waals surface area contributed by atoms with Crippen molar-refractivity contribution in [2.45, 2.75) is 51.6 Å². The summed E-state index contributed by atoms with van der Waals surface area (Å²) in [5.41, 5.74) is 0.999. The van der Waals surface area contributed by atoms with Crippen molar-refractivity contribution in [2.24, 2.45) is 5.92 Å². The van der Waals surface area contributed by atoms with Gasteiger partial charge in [0.05, 0.1) is 0 Å². The molecule has 1 saturated carbocycles. The van der Waals surface area contributed by atoms with E-state index in [2.05, 4.69) is 0 Å². The first kappa shape index (κ1) is 14.3. The number of ether oxygens (including phenoxy) is 1. The fourth-order valence-electron chi connectivity index (χ4n) is 2.92. The Bertz CT molecular complexity index is 378. The fraction of sp³-hybridized carbons (Fsp3) is 0.588. The van der Waals surface area contributed by atoms with Crippen LogP contribution in [0.15, 0.2) is 30.3 Å². The molecule has 1 aromatic carbocycles. The highest BCUT2D eigenvalue weighted by atomic mass is 16.5. The van der Waals surface area contributed by atoms with Crippen molar-refractivity contribution in [2.75, 3.05) is 6.61 Å². The number of ketones is 1. The van der Waals surface area contributed by atoms with Crippen LogP contribution < -0.4 is 0 Å². The van der Waals surface area contributed by atoms with E-state index in [1.165, 1.54) is 25.7 Å². The van der Waals surface area contributed by atoms with Crippen LogP contribution in [0.1, 0.15) is 57.1 Å². The number of benzene rings is 1. The molecule has 2 heteroatoms. The number of hydrogen-bond acceptors (Lipinski definition) is 2. The Hall–Kier alpha value is -1.15. The summed E-state index contributed by atoms with van der Waals surface area (Å²) in [5.74, 6) is 0.481. The molecule has 1 aromatic rings. The first-order valence-corrected chi connectivity index (χ1v) is 7.53. The quantitative estimate of drug-likeness (QED) is 0.738. The van der Waals surface area contributed by atoms with E-state index in [4.69, 9.17) is 4.74 Å². The second-order valence-corrected chi connectivity index (χ2v) is 5.34. The first-order valence-electron chi connectivity index (χ1n) is 7.53. The zero-order chi connectivity index (χ0) is 13.5. The van der Waals surface area contributed by atoms with Gasteiger partial charge in [-0.2, -0.15) is 0 Å². The average molecular weight is 260 g/mol. The fourth-order valence-corrected chi connectivity index (χ4v) is 2.92. The average Bonchev–Trinajstić information content (AvgIpc) is 2.74. The molecule has 1 aliphatic rings. The molecule has 1 aliphatic carbocycles. The maximum Gasteiger partial charge on any atom is 0.169 e. The molecule has 0 heterocycles. The molecule has 104 valence electrons. The highest BCUT2D eigenvalue weighted by molar-refractivity contribution is 5.86. The molecule has 0 aromatic heterocycles. The predicted molar refractivity (Wildman–Crippen MR) is 77.0 cm³/mol. The number of carbonyl (C=O) groups is 1. The van der Waals surface area contributed by atoms with Crippen molar-refractivity contribution in [1.82, 2.24) is 0 Å². The van der Waals surface area contributed by atoms with Gasteiger partial charge in [0, 0.05) is 12.5 Å². The first-order chi connectivity index (χ1) is 9.33. The van der Waals surface area contributed by atoms with Crippen molar-refractivity contribution in [3.8, 4) is 0 Å². The molecule has 2 nitrogen and oxygen atoms in total. The van der Waals surface area contributed by atoms with Gasteiger partial charge in [0.15, 0.2) is 5.78 Å². The summed E-state index contributed by atoms with van der Waals surface area (Å²) in [7, 11) is 0. The molecule has 0 amide bonds. The van der Waals surface area contributed by atoms with E-state index >= 15 is 0 Å². The lowest BCUT2D eigenvalue weighted by Crippen LogP contribution is -2.24. The second kappa shape index (κ2) is 7.44. The van der Waals surface area contributed by atoms with Crippen molar-refractivity contribution < 1.29 is 9.53 Å². The third-order valence-electron chi connectivity index (χ3n) is 3.95. The van der Waals surface area contributed by atoms with Crippen LogP contribution in [0, 0.1) is 5.92 Å². The van der Waals surface area contributed by atoms with E-state index in [1.807, 2.05) is 37.3 Å². The van der Waals surface area contributed by atoms with Crippen LogP contribution in [0.2, 0.25) is 0 Å². The summed E-state index contributed by atoms with van der Waals surface area (Å²) in [6, 6.07) is 9.91. The highest BCUT2D eigenvalue weighted by Crippen LogP contribution is 2.30. The van der Waals surface area contributed by atoms with E-state index in [9.17, 15) is 4.79 Å². The van der Waals surface area contributed by atoms with E-state index in [0.717, 1.165) is 18.4 Å². The molecule has 0 N–H and O–H groups in total. The number of carbonyl (C=O) groups excluding carboxylic acids is 1. The number of hydrogen-bond donors (Lipinski definition) is 0. The molecule has 0 spiro atoms. The zero-order valence-electron chi connectivity index (χ0n) is 11.8. The lowest BCUT2D eigenvalue weighted by Gasteiger charge is -2.21. The smallest absolute Gasteiger partial charge is 0.169 e. The Kier molecular flexibility index (Phi) is 5.59. The van der Waals surface area contributed by atoms with Gasteiger partial charge in [0.2, 0.25) is 0 Å². The number of Topliss-reactive ketones (excluding diaryl/α,β-unsaturated/α-hetero) is 1. The summed E-state index contributed by atoms with van der Waals surface area (Å²) in [6.45, 7) is 2.54. The van der Waals surface area contributed by atoms with Gasteiger partial charge in [-0.25, -0.2) is 0 Å². The van der Waals surface area contributed by atoms with Crippen molar-refractivity contribution >= 4 is 5.78 Å².